The summed E-state index contributed by atoms with van der Waals surface area (Å²) >= 11 is 0. The van der Waals surface area contributed by atoms with Gasteiger partial charge < -0.3 is 10.1 Å². The van der Waals surface area contributed by atoms with Gasteiger partial charge in [-0.2, -0.15) is 0 Å². The maximum absolute atomic E-state index is 12.6. The number of carbonyl (C=O) groups excluding carboxylic acids is 1. The Morgan fingerprint density at radius 3 is 2.71 bits per heavy atom. The number of amides is 1. The normalized spacial score (nSPS) is 16.4. The highest BCUT2D eigenvalue weighted by atomic mass is 19.1. The van der Waals surface area contributed by atoms with Crippen LogP contribution in [0.15, 0.2) is 24.3 Å². The number of benzene rings is 1. The van der Waals surface area contributed by atoms with Gasteiger partial charge in [0.2, 0.25) is 0 Å². The number of hydrogen-bond acceptors (Lipinski definition) is 2. The molecular weight excluding hydrogens is 221 g/mol. The topological polar surface area (TPSA) is 38.3 Å². The molecule has 3 nitrogen and oxygen atoms in total. The molecule has 1 amide bonds. The molecule has 1 saturated carbocycles. The fourth-order valence-electron chi connectivity index (χ4n) is 1.75. The fourth-order valence-corrected chi connectivity index (χ4v) is 1.75. The second kappa shape index (κ2) is 5.17. The number of nitrogens with one attached hydrogen (secondary N) is 1. The summed E-state index contributed by atoms with van der Waals surface area (Å²) in [5.74, 6) is 0.763. The zero-order valence-electron chi connectivity index (χ0n) is 9.78. The molecule has 4 heteroatoms. The predicted octanol–water partition coefficient (Wildman–Crippen LogP) is 3.10. The molecule has 0 heterocycles. The summed E-state index contributed by atoms with van der Waals surface area (Å²) in [6.07, 6.45) is 3.04. The fraction of sp³-hybridized carbons (Fsp3) is 0.462. The monoisotopic (exact) mass is 237 g/mol. The van der Waals surface area contributed by atoms with E-state index in [0.717, 1.165) is 12.3 Å². The van der Waals surface area contributed by atoms with Gasteiger partial charge in [-0.3, -0.25) is 0 Å². The average Bonchev–Trinajstić information content (AvgIpc) is 3.05. The van der Waals surface area contributed by atoms with Crippen LogP contribution in [0.2, 0.25) is 0 Å². The van der Waals surface area contributed by atoms with Crippen LogP contribution in [0.25, 0.3) is 0 Å². The summed E-state index contributed by atoms with van der Waals surface area (Å²) in [6.45, 7) is 1.96. The van der Waals surface area contributed by atoms with Crippen LogP contribution < -0.4 is 10.1 Å². The summed E-state index contributed by atoms with van der Waals surface area (Å²) in [5.41, 5.74) is 0. The summed E-state index contributed by atoms with van der Waals surface area (Å²) in [6, 6.07) is 5.50. The molecule has 0 spiro atoms. The SMILES string of the molecule is CC(CC1CC1)NC(=O)Oc1ccc(F)cc1. The van der Waals surface area contributed by atoms with Gasteiger partial charge in [-0.05, 0) is 43.5 Å². The lowest BCUT2D eigenvalue weighted by molar-refractivity contribution is 0.196. The van der Waals surface area contributed by atoms with Crippen molar-refractivity contribution in [1.29, 1.82) is 0 Å². The van der Waals surface area contributed by atoms with Crippen LogP contribution in [0.1, 0.15) is 26.2 Å². The molecule has 0 aliphatic heterocycles. The molecule has 92 valence electrons. The molecule has 1 fully saturated rings. The Kier molecular flexibility index (Phi) is 3.61. The minimum absolute atomic E-state index is 0.121. The first-order valence-electron chi connectivity index (χ1n) is 5.87. The molecule has 1 atom stereocenters. The van der Waals surface area contributed by atoms with Crippen molar-refractivity contribution in [2.24, 2.45) is 5.92 Å². The molecule has 2 rings (SSSR count). The lowest BCUT2D eigenvalue weighted by Crippen LogP contribution is -2.35. The smallest absolute Gasteiger partial charge is 0.410 e. The second-order valence-corrected chi connectivity index (χ2v) is 4.57. The molecule has 1 aromatic carbocycles. The third-order valence-corrected chi connectivity index (χ3v) is 2.77. The molecule has 0 saturated heterocycles. The van der Waals surface area contributed by atoms with Crippen molar-refractivity contribution in [1.82, 2.24) is 5.32 Å². The maximum atomic E-state index is 12.6. The van der Waals surface area contributed by atoms with E-state index in [1.165, 1.54) is 37.1 Å². The van der Waals surface area contributed by atoms with Gasteiger partial charge in [-0.25, -0.2) is 9.18 Å². The zero-order chi connectivity index (χ0) is 12.3. The Bertz CT molecular complexity index is 387. The zero-order valence-corrected chi connectivity index (χ0v) is 9.78. The first-order valence-corrected chi connectivity index (χ1v) is 5.87. The van der Waals surface area contributed by atoms with Crippen molar-refractivity contribution < 1.29 is 13.9 Å². The molecule has 1 unspecified atom stereocenters. The largest absolute Gasteiger partial charge is 0.412 e. The quantitative estimate of drug-likeness (QED) is 0.873. The highest BCUT2D eigenvalue weighted by Gasteiger charge is 2.24. The van der Waals surface area contributed by atoms with Gasteiger partial charge in [-0.1, -0.05) is 12.8 Å². The van der Waals surface area contributed by atoms with Crippen LogP contribution in [-0.2, 0) is 0 Å². The van der Waals surface area contributed by atoms with E-state index in [2.05, 4.69) is 5.32 Å². The highest BCUT2D eigenvalue weighted by molar-refractivity contribution is 5.70. The van der Waals surface area contributed by atoms with E-state index in [0.29, 0.717) is 5.75 Å². The van der Waals surface area contributed by atoms with Crippen LogP contribution in [0.4, 0.5) is 9.18 Å². The Morgan fingerprint density at radius 1 is 1.47 bits per heavy atom. The third-order valence-electron chi connectivity index (χ3n) is 2.77. The number of ether oxygens (including phenoxy) is 1. The van der Waals surface area contributed by atoms with E-state index in [1.54, 1.807) is 0 Å². The standard InChI is InChI=1S/C13H16FNO2/c1-9(8-10-2-3-10)15-13(16)17-12-6-4-11(14)5-7-12/h4-7,9-10H,2-3,8H2,1H3,(H,15,16). The molecule has 0 aromatic heterocycles. The molecule has 0 radical (unpaired) electrons. The summed E-state index contributed by atoms with van der Waals surface area (Å²) in [4.78, 5) is 11.5. The van der Waals surface area contributed by atoms with Crippen molar-refractivity contribution >= 4 is 6.09 Å². The highest BCUT2D eigenvalue weighted by Crippen LogP contribution is 2.33. The molecule has 17 heavy (non-hydrogen) atoms. The van der Waals surface area contributed by atoms with Crippen molar-refractivity contribution in [2.45, 2.75) is 32.2 Å². The minimum atomic E-state index is -0.482. The van der Waals surface area contributed by atoms with Crippen molar-refractivity contribution in [3.8, 4) is 5.75 Å². The van der Waals surface area contributed by atoms with Crippen LogP contribution >= 0.6 is 0 Å². The van der Waals surface area contributed by atoms with Crippen LogP contribution in [0.3, 0.4) is 0 Å². The van der Waals surface area contributed by atoms with Crippen LogP contribution in [-0.4, -0.2) is 12.1 Å². The van der Waals surface area contributed by atoms with Gasteiger partial charge in [0.05, 0.1) is 0 Å². The number of rotatable bonds is 4. The van der Waals surface area contributed by atoms with Crippen LogP contribution in [0.5, 0.6) is 5.75 Å². The number of hydrogen-bond donors (Lipinski definition) is 1. The lowest BCUT2D eigenvalue weighted by atomic mass is 10.2. The Morgan fingerprint density at radius 2 is 2.12 bits per heavy atom. The summed E-state index contributed by atoms with van der Waals surface area (Å²) in [5, 5.41) is 2.76. The predicted molar refractivity (Wildman–Crippen MR) is 62.4 cm³/mol. The van der Waals surface area contributed by atoms with Gasteiger partial charge in [0.1, 0.15) is 11.6 Å². The van der Waals surface area contributed by atoms with Gasteiger partial charge >= 0.3 is 6.09 Å². The van der Waals surface area contributed by atoms with Gasteiger partial charge in [0.15, 0.2) is 0 Å². The maximum Gasteiger partial charge on any atom is 0.412 e. The second-order valence-electron chi connectivity index (χ2n) is 4.57. The summed E-state index contributed by atoms with van der Waals surface area (Å²) in [7, 11) is 0. The van der Waals surface area contributed by atoms with E-state index in [9.17, 15) is 9.18 Å². The van der Waals surface area contributed by atoms with Crippen molar-refractivity contribution in [3.63, 3.8) is 0 Å². The molecule has 1 aliphatic carbocycles. The Labute approximate surface area is 100.0 Å². The van der Waals surface area contributed by atoms with E-state index in [1.807, 2.05) is 6.92 Å². The third kappa shape index (κ3) is 4.06. The number of halogens is 1. The van der Waals surface area contributed by atoms with Crippen molar-refractivity contribution in [2.75, 3.05) is 0 Å². The molecular formula is C13H16FNO2. The summed E-state index contributed by atoms with van der Waals surface area (Å²) < 4.78 is 17.7. The van der Waals surface area contributed by atoms with E-state index in [4.69, 9.17) is 4.74 Å². The van der Waals surface area contributed by atoms with Gasteiger partial charge in [-0.15, -0.1) is 0 Å². The lowest BCUT2D eigenvalue weighted by Gasteiger charge is -2.13. The Hall–Kier alpha value is -1.58. The first kappa shape index (κ1) is 11.9. The molecule has 1 N–H and O–H groups in total. The van der Waals surface area contributed by atoms with E-state index in [-0.39, 0.29) is 11.9 Å². The Balaban J connectivity index is 1.77. The minimum Gasteiger partial charge on any atom is -0.410 e. The first-order chi connectivity index (χ1) is 8.13. The van der Waals surface area contributed by atoms with Gasteiger partial charge in [0, 0.05) is 6.04 Å². The average molecular weight is 237 g/mol. The molecule has 1 aliphatic rings. The number of carbonyl (C=O) groups is 1. The van der Waals surface area contributed by atoms with E-state index >= 15 is 0 Å². The van der Waals surface area contributed by atoms with Crippen molar-refractivity contribution in [3.05, 3.63) is 30.1 Å². The van der Waals surface area contributed by atoms with Gasteiger partial charge in [0.25, 0.3) is 0 Å². The van der Waals surface area contributed by atoms with Crippen LogP contribution in [0, 0.1) is 11.7 Å². The molecule has 0 bridgehead atoms. The molecule has 1 aromatic rings. The van der Waals surface area contributed by atoms with E-state index < -0.39 is 6.09 Å².